The number of aromatic amines is 1. The lowest BCUT2D eigenvalue weighted by Crippen LogP contribution is -2.42. The summed E-state index contributed by atoms with van der Waals surface area (Å²) in [6.45, 7) is 4.48. The summed E-state index contributed by atoms with van der Waals surface area (Å²) in [5, 5.41) is 9.86. The van der Waals surface area contributed by atoms with Gasteiger partial charge in [-0.25, -0.2) is 8.42 Å². The number of benzene rings is 1. The minimum absolute atomic E-state index is 0.0348. The minimum atomic E-state index is -3.64. The smallest absolute Gasteiger partial charge is 0.251 e. The summed E-state index contributed by atoms with van der Waals surface area (Å²) in [6, 6.07) is 5.08. The first-order chi connectivity index (χ1) is 14.3. The maximum atomic E-state index is 13.2. The van der Waals surface area contributed by atoms with Gasteiger partial charge in [0.15, 0.2) is 10.6 Å². The van der Waals surface area contributed by atoms with Gasteiger partial charge in [0.05, 0.1) is 11.4 Å². The Morgan fingerprint density at radius 2 is 2.07 bits per heavy atom. The Hall–Kier alpha value is -2.04. The van der Waals surface area contributed by atoms with E-state index in [2.05, 4.69) is 15.5 Å². The second-order valence-electron chi connectivity index (χ2n) is 8.17. The van der Waals surface area contributed by atoms with E-state index in [0.29, 0.717) is 28.7 Å². The highest BCUT2D eigenvalue weighted by atomic mass is 32.2. The van der Waals surface area contributed by atoms with Crippen LogP contribution >= 0.6 is 12.2 Å². The highest BCUT2D eigenvalue weighted by Gasteiger charge is 2.32. The Morgan fingerprint density at radius 1 is 1.30 bits per heavy atom. The quantitative estimate of drug-likeness (QED) is 0.660. The van der Waals surface area contributed by atoms with Crippen LogP contribution in [0.25, 0.3) is 0 Å². The van der Waals surface area contributed by atoms with E-state index in [-0.39, 0.29) is 23.4 Å². The monoisotopic (exact) mass is 449 g/mol. The number of hydrogen-bond donors (Lipinski definition) is 2. The second kappa shape index (κ2) is 8.24. The summed E-state index contributed by atoms with van der Waals surface area (Å²) in [7, 11) is -3.64. The number of hydrogen-bond acceptors (Lipinski definition) is 5. The SMILES string of the molecule is Cc1ccc(S(=O)(=O)N2CCCCC2C)cc1C(=O)NCc1n[nH]c(=S)n1C1CC1. The molecule has 30 heavy (non-hydrogen) atoms. The average Bonchev–Trinajstić information content (AvgIpc) is 3.48. The number of rotatable bonds is 6. The van der Waals surface area contributed by atoms with Gasteiger partial charge < -0.3 is 5.32 Å². The molecular weight excluding hydrogens is 422 g/mol. The first-order valence-corrected chi connectivity index (χ1v) is 12.2. The van der Waals surface area contributed by atoms with E-state index >= 15 is 0 Å². The van der Waals surface area contributed by atoms with E-state index in [1.807, 2.05) is 11.5 Å². The molecule has 1 aliphatic carbocycles. The largest absolute Gasteiger partial charge is 0.345 e. The number of sulfonamides is 1. The fraction of sp³-hybridized carbons (Fsp3) is 0.550. The number of carbonyl (C=O) groups is 1. The summed E-state index contributed by atoms with van der Waals surface area (Å²) in [4.78, 5) is 13.0. The van der Waals surface area contributed by atoms with Crippen molar-refractivity contribution in [1.29, 1.82) is 0 Å². The van der Waals surface area contributed by atoms with Gasteiger partial charge in [0.1, 0.15) is 0 Å². The predicted molar refractivity (Wildman–Crippen MR) is 115 cm³/mol. The van der Waals surface area contributed by atoms with Gasteiger partial charge in [-0.2, -0.15) is 9.40 Å². The first-order valence-electron chi connectivity index (χ1n) is 10.4. The third-order valence-corrected chi connectivity index (χ3v) is 8.20. The number of carbonyl (C=O) groups excluding carboxylic acids is 1. The molecule has 1 aromatic carbocycles. The molecule has 8 nitrogen and oxygen atoms in total. The minimum Gasteiger partial charge on any atom is -0.345 e. The van der Waals surface area contributed by atoms with Crippen molar-refractivity contribution in [3.63, 3.8) is 0 Å². The summed E-state index contributed by atoms with van der Waals surface area (Å²) in [5.74, 6) is 0.354. The van der Waals surface area contributed by atoms with Gasteiger partial charge in [0.2, 0.25) is 10.0 Å². The van der Waals surface area contributed by atoms with Gasteiger partial charge in [0.25, 0.3) is 5.91 Å². The van der Waals surface area contributed by atoms with E-state index in [9.17, 15) is 13.2 Å². The van der Waals surface area contributed by atoms with Crippen molar-refractivity contribution in [3.8, 4) is 0 Å². The van der Waals surface area contributed by atoms with Crippen molar-refractivity contribution in [3.05, 3.63) is 39.9 Å². The van der Waals surface area contributed by atoms with E-state index in [1.54, 1.807) is 23.4 Å². The zero-order valence-corrected chi connectivity index (χ0v) is 18.9. The molecule has 1 saturated carbocycles. The molecule has 1 saturated heterocycles. The van der Waals surface area contributed by atoms with Crippen LogP contribution < -0.4 is 5.32 Å². The van der Waals surface area contributed by atoms with Gasteiger partial charge in [-0.3, -0.25) is 14.5 Å². The van der Waals surface area contributed by atoms with Crippen LogP contribution in [0.2, 0.25) is 0 Å². The van der Waals surface area contributed by atoms with Crippen molar-refractivity contribution >= 4 is 28.1 Å². The van der Waals surface area contributed by atoms with Crippen LogP contribution in [0.15, 0.2) is 23.1 Å². The Kier molecular flexibility index (Phi) is 5.82. The molecule has 1 atom stereocenters. The Labute approximate surface area is 181 Å². The number of nitrogens with one attached hydrogen (secondary N) is 2. The number of H-pyrrole nitrogens is 1. The maximum absolute atomic E-state index is 13.2. The van der Waals surface area contributed by atoms with Gasteiger partial charge in [-0.1, -0.05) is 12.5 Å². The van der Waals surface area contributed by atoms with Gasteiger partial charge in [-0.15, -0.1) is 0 Å². The molecule has 4 rings (SSSR count). The second-order valence-corrected chi connectivity index (χ2v) is 10.4. The van der Waals surface area contributed by atoms with Gasteiger partial charge >= 0.3 is 0 Å². The summed E-state index contributed by atoms with van der Waals surface area (Å²) in [5.41, 5.74) is 1.08. The van der Waals surface area contributed by atoms with Crippen molar-refractivity contribution in [2.45, 2.75) is 69.5 Å². The van der Waals surface area contributed by atoms with Gasteiger partial charge in [0, 0.05) is 24.2 Å². The lowest BCUT2D eigenvalue weighted by Gasteiger charge is -2.32. The summed E-state index contributed by atoms with van der Waals surface area (Å²) < 4.78 is 30.4. The molecule has 0 radical (unpaired) electrons. The van der Waals surface area contributed by atoms with Crippen molar-refractivity contribution in [1.82, 2.24) is 24.4 Å². The number of amides is 1. The molecule has 10 heteroatoms. The third-order valence-electron chi connectivity index (χ3n) is 5.90. The molecule has 2 aliphatic rings. The van der Waals surface area contributed by atoms with Crippen LogP contribution in [-0.2, 0) is 16.6 Å². The predicted octanol–water partition coefficient (Wildman–Crippen LogP) is 3.08. The summed E-state index contributed by atoms with van der Waals surface area (Å²) in [6.07, 6.45) is 4.87. The van der Waals surface area contributed by atoms with Crippen LogP contribution in [0.1, 0.15) is 66.8 Å². The molecule has 0 bridgehead atoms. The lowest BCUT2D eigenvalue weighted by molar-refractivity contribution is 0.0948. The highest BCUT2D eigenvalue weighted by molar-refractivity contribution is 7.89. The van der Waals surface area contributed by atoms with E-state index in [4.69, 9.17) is 12.2 Å². The molecule has 2 aromatic rings. The number of aryl methyl sites for hydroxylation is 1. The molecule has 2 N–H and O–H groups in total. The Morgan fingerprint density at radius 3 is 2.77 bits per heavy atom. The molecule has 1 amide bonds. The molecular formula is C20H27N5O3S2. The third kappa shape index (κ3) is 4.08. The molecule has 0 spiro atoms. The fourth-order valence-electron chi connectivity index (χ4n) is 4.00. The molecule has 1 aromatic heterocycles. The highest BCUT2D eigenvalue weighted by Crippen LogP contribution is 2.35. The van der Waals surface area contributed by atoms with Crippen LogP contribution in [0.3, 0.4) is 0 Å². The van der Waals surface area contributed by atoms with Crippen LogP contribution in [0.5, 0.6) is 0 Å². The van der Waals surface area contributed by atoms with Crippen LogP contribution in [0.4, 0.5) is 0 Å². The molecule has 1 unspecified atom stereocenters. The lowest BCUT2D eigenvalue weighted by atomic mass is 10.1. The van der Waals surface area contributed by atoms with Crippen molar-refractivity contribution in [2.24, 2.45) is 0 Å². The van der Waals surface area contributed by atoms with E-state index < -0.39 is 10.0 Å². The van der Waals surface area contributed by atoms with Crippen LogP contribution in [0, 0.1) is 11.7 Å². The van der Waals surface area contributed by atoms with Crippen molar-refractivity contribution in [2.75, 3.05) is 6.54 Å². The molecule has 2 heterocycles. The fourth-order valence-corrected chi connectivity index (χ4v) is 6.02. The van der Waals surface area contributed by atoms with Gasteiger partial charge in [-0.05, 0) is 69.4 Å². The standard InChI is InChI=1S/C20H27N5O3S2/c1-13-6-9-16(30(27,28)24-10-4-3-5-14(24)2)11-17(13)19(26)21-12-18-22-23-20(29)25(18)15-7-8-15/h6,9,11,14-15H,3-5,7-8,10,12H2,1-2H3,(H,21,26)(H,23,29). The normalized spacial score (nSPS) is 20.3. The first kappa shape index (κ1) is 21.2. The van der Waals surface area contributed by atoms with E-state index in [1.165, 1.54) is 6.07 Å². The molecule has 1 aliphatic heterocycles. The summed E-state index contributed by atoms with van der Waals surface area (Å²) >= 11 is 5.27. The Bertz CT molecular complexity index is 1120. The molecule has 162 valence electrons. The number of nitrogens with zero attached hydrogens (tertiary/aromatic N) is 3. The maximum Gasteiger partial charge on any atom is 0.251 e. The molecule has 2 fully saturated rings. The zero-order chi connectivity index (χ0) is 21.5. The number of piperidine rings is 1. The Balaban J connectivity index is 1.54. The zero-order valence-electron chi connectivity index (χ0n) is 17.2. The van der Waals surface area contributed by atoms with E-state index in [0.717, 1.165) is 37.7 Å². The average molecular weight is 450 g/mol. The van der Waals surface area contributed by atoms with Crippen LogP contribution in [-0.4, -0.2) is 46.0 Å². The topological polar surface area (TPSA) is 100 Å². The number of aromatic nitrogens is 3. The van der Waals surface area contributed by atoms with Crippen molar-refractivity contribution < 1.29 is 13.2 Å².